The van der Waals surface area contributed by atoms with Crippen molar-refractivity contribution in [3.63, 3.8) is 0 Å². The summed E-state index contributed by atoms with van der Waals surface area (Å²) in [4.78, 5) is 26.8. The SMILES string of the molecule is COC(=O)C(C)(CC(C)(C)CC(C)(C(=O)Oc1ccc(N=Nc2ccc(N=Nc3ccccc3)cc2)cc1C)C(C)(C)C)C(C)C. The summed E-state index contributed by atoms with van der Waals surface area (Å²) in [6.07, 6.45) is 1.10. The molecule has 0 saturated carbocycles. The summed E-state index contributed by atoms with van der Waals surface area (Å²) >= 11 is 0. The van der Waals surface area contributed by atoms with Gasteiger partial charge in [-0.1, -0.05) is 66.7 Å². The number of aryl methyl sites for hydroxylation is 1. The Hall–Kier alpha value is -4.20. The van der Waals surface area contributed by atoms with Crippen LogP contribution in [0.25, 0.3) is 0 Å². The lowest BCUT2D eigenvalue weighted by molar-refractivity contribution is -0.160. The zero-order valence-electron chi connectivity index (χ0n) is 29.3. The molecule has 0 bridgehead atoms. The van der Waals surface area contributed by atoms with Crippen LogP contribution < -0.4 is 4.74 Å². The highest BCUT2D eigenvalue weighted by Crippen LogP contribution is 2.52. The highest BCUT2D eigenvalue weighted by molar-refractivity contribution is 5.80. The number of azo groups is 2. The topological polar surface area (TPSA) is 102 Å². The van der Waals surface area contributed by atoms with Gasteiger partial charge >= 0.3 is 11.9 Å². The van der Waals surface area contributed by atoms with E-state index < -0.39 is 16.2 Å². The molecule has 246 valence electrons. The predicted molar refractivity (Wildman–Crippen MR) is 184 cm³/mol. The Balaban J connectivity index is 1.74. The van der Waals surface area contributed by atoms with Gasteiger partial charge in [0.2, 0.25) is 0 Å². The van der Waals surface area contributed by atoms with Crippen LogP contribution in [0.1, 0.15) is 80.7 Å². The van der Waals surface area contributed by atoms with Crippen LogP contribution in [0.4, 0.5) is 22.7 Å². The van der Waals surface area contributed by atoms with Crippen molar-refractivity contribution in [2.45, 2.75) is 82.1 Å². The number of carbonyl (C=O) groups excluding carboxylic acids is 2. The Morgan fingerprint density at radius 3 is 1.61 bits per heavy atom. The lowest BCUT2D eigenvalue weighted by atomic mass is 9.57. The molecule has 0 radical (unpaired) electrons. The number of hydrogen-bond acceptors (Lipinski definition) is 8. The minimum absolute atomic E-state index is 0.0705. The van der Waals surface area contributed by atoms with Crippen LogP contribution in [0.5, 0.6) is 5.75 Å². The number of rotatable bonds is 12. The van der Waals surface area contributed by atoms with E-state index in [-0.39, 0.29) is 23.3 Å². The number of methoxy groups -OCH3 is 1. The number of carbonyl (C=O) groups is 2. The molecule has 3 aromatic rings. The third kappa shape index (κ3) is 8.95. The maximum absolute atomic E-state index is 14.0. The second kappa shape index (κ2) is 14.5. The van der Waals surface area contributed by atoms with Gasteiger partial charge in [0, 0.05) is 0 Å². The molecule has 0 aliphatic rings. The number of hydrogen-bond donors (Lipinski definition) is 0. The summed E-state index contributed by atoms with van der Waals surface area (Å²) in [6.45, 7) is 20.3. The quantitative estimate of drug-likeness (QED) is 0.113. The van der Waals surface area contributed by atoms with E-state index in [4.69, 9.17) is 9.47 Å². The van der Waals surface area contributed by atoms with E-state index in [0.29, 0.717) is 35.7 Å². The molecule has 3 aromatic carbocycles. The van der Waals surface area contributed by atoms with Gasteiger partial charge in [0.25, 0.3) is 0 Å². The van der Waals surface area contributed by atoms with E-state index in [9.17, 15) is 9.59 Å². The van der Waals surface area contributed by atoms with Crippen molar-refractivity contribution in [2.24, 2.45) is 48.0 Å². The highest BCUT2D eigenvalue weighted by atomic mass is 16.5. The summed E-state index contributed by atoms with van der Waals surface area (Å²) in [7, 11) is 1.43. The van der Waals surface area contributed by atoms with Crippen molar-refractivity contribution in [3.05, 3.63) is 78.4 Å². The van der Waals surface area contributed by atoms with Gasteiger partial charge in [-0.25, -0.2) is 0 Å². The van der Waals surface area contributed by atoms with E-state index in [1.54, 1.807) is 12.1 Å². The molecular weight excluding hydrogens is 576 g/mol. The summed E-state index contributed by atoms with van der Waals surface area (Å²) < 4.78 is 11.3. The van der Waals surface area contributed by atoms with Gasteiger partial charge in [0.05, 0.1) is 40.7 Å². The van der Waals surface area contributed by atoms with Crippen LogP contribution in [0.2, 0.25) is 0 Å². The van der Waals surface area contributed by atoms with Crippen molar-refractivity contribution >= 4 is 34.7 Å². The maximum Gasteiger partial charge on any atom is 0.317 e. The molecule has 0 heterocycles. The molecule has 0 aromatic heterocycles. The van der Waals surface area contributed by atoms with E-state index >= 15 is 0 Å². The minimum Gasteiger partial charge on any atom is -0.469 e. The molecule has 0 N–H and O–H groups in total. The zero-order valence-corrected chi connectivity index (χ0v) is 29.3. The summed E-state index contributed by atoms with van der Waals surface area (Å²) in [6, 6.07) is 22.3. The molecule has 0 amide bonds. The van der Waals surface area contributed by atoms with Gasteiger partial charge in [0.1, 0.15) is 5.75 Å². The van der Waals surface area contributed by atoms with E-state index in [1.807, 2.05) is 95.3 Å². The standard InChI is InChI=1S/C38H50N4O4/c1-26(2)37(9,33(43)45-11)24-36(7,8)25-38(10,35(4,5)6)34(44)46-32-22-21-31(23-27(32)3)42-41-30-19-17-29(18-20-30)40-39-28-15-13-12-14-16-28/h12-23,26H,24-25H2,1-11H3. The summed E-state index contributed by atoms with van der Waals surface area (Å²) in [5, 5.41) is 17.2. The zero-order chi connectivity index (χ0) is 34.3. The molecule has 8 nitrogen and oxygen atoms in total. The smallest absolute Gasteiger partial charge is 0.317 e. The second-order valence-corrected chi connectivity index (χ2v) is 14.8. The molecule has 0 fully saturated rings. The average molecular weight is 627 g/mol. The Morgan fingerprint density at radius 1 is 0.674 bits per heavy atom. The van der Waals surface area contributed by atoms with Crippen molar-refractivity contribution in [2.75, 3.05) is 7.11 Å². The van der Waals surface area contributed by atoms with Gasteiger partial charge in [0.15, 0.2) is 0 Å². The molecule has 0 saturated heterocycles. The van der Waals surface area contributed by atoms with E-state index in [2.05, 4.69) is 55.1 Å². The van der Waals surface area contributed by atoms with Crippen LogP contribution in [-0.2, 0) is 14.3 Å². The average Bonchev–Trinajstić information content (AvgIpc) is 2.99. The molecular formula is C38H50N4O4. The monoisotopic (exact) mass is 626 g/mol. The predicted octanol–water partition coefficient (Wildman–Crippen LogP) is 11.4. The Labute approximate surface area is 274 Å². The first-order chi connectivity index (χ1) is 21.4. The van der Waals surface area contributed by atoms with Crippen LogP contribution >= 0.6 is 0 Å². The number of ether oxygens (including phenoxy) is 2. The molecule has 46 heavy (non-hydrogen) atoms. The van der Waals surface area contributed by atoms with Crippen LogP contribution in [-0.4, -0.2) is 19.0 Å². The first-order valence-electron chi connectivity index (χ1n) is 15.8. The number of benzene rings is 3. The second-order valence-electron chi connectivity index (χ2n) is 14.8. The fourth-order valence-electron chi connectivity index (χ4n) is 5.74. The van der Waals surface area contributed by atoms with Crippen LogP contribution in [0, 0.1) is 34.5 Å². The van der Waals surface area contributed by atoms with Gasteiger partial charge in [-0.2, -0.15) is 20.5 Å². The normalized spacial score (nSPS) is 15.1. The molecule has 0 aliphatic heterocycles. The molecule has 0 spiro atoms. The molecule has 2 atom stereocenters. The van der Waals surface area contributed by atoms with Crippen molar-refractivity contribution < 1.29 is 19.1 Å². The highest BCUT2D eigenvalue weighted by Gasteiger charge is 2.51. The lowest BCUT2D eigenvalue weighted by Crippen LogP contribution is -2.47. The van der Waals surface area contributed by atoms with Crippen molar-refractivity contribution in [3.8, 4) is 5.75 Å². The minimum atomic E-state index is -0.845. The third-order valence-electron chi connectivity index (χ3n) is 9.24. The lowest BCUT2D eigenvalue weighted by Gasteiger charge is -2.46. The van der Waals surface area contributed by atoms with Crippen molar-refractivity contribution in [1.82, 2.24) is 0 Å². The number of esters is 2. The van der Waals surface area contributed by atoms with Gasteiger partial charge < -0.3 is 9.47 Å². The first kappa shape index (κ1) is 36.3. The van der Waals surface area contributed by atoms with E-state index in [0.717, 1.165) is 11.3 Å². The molecule has 2 unspecified atom stereocenters. The third-order valence-corrected chi connectivity index (χ3v) is 9.24. The summed E-state index contributed by atoms with van der Waals surface area (Å²) in [5.41, 5.74) is 1.28. The number of nitrogens with zero attached hydrogens (tertiary/aromatic N) is 4. The molecule has 3 rings (SSSR count). The maximum atomic E-state index is 14.0. The fraction of sp³-hybridized carbons (Fsp3) is 0.474. The van der Waals surface area contributed by atoms with Crippen LogP contribution in [0.15, 0.2) is 93.3 Å². The Morgan fingerprint density at radius 2 is 1.15 bits per heavy atom. The largest absolute Gasteiger partial charge is 0.469 e. The van der Waals surface area contributed by atoms with Crippen LogP contribution in [0.3, 0.4) is 0 Å². The Kier molecular flexibility index (Phi) is 11.4. The van der Waals surface area contributed by atoms with Gasteiger partial charge in [-0.3, -0.25) is 9.59 Å². The summed E-state index contributed by atoms with van der Waals surface area (Å²) in [5.74, 6) is 0.0123. The fourth-order valence-corrected chi connectivity index (χ4v) is 5.74. The van der Waals surface area contributed by atoms with Gasteiger partial charge in [-0.15, -0.1) is 0 Å². The molecule has 8 heteroatoms. The van der Waals surface area contributed by atoms with Crippen molar-refractivity contribution in [1.29, 1.82) is 0 Å². The first-order valence-corrected chi connectivity index (χ1v) is 15.8. The Bertz CT molecular complexity index is 1560. The molecule has 0 aliphatic carbocycles. The van der Waals surface area contributed by atoms with Gasteiger partial charge in [-0.05, 0) is 111 Å². The van der Waals surface area contributed by atoms with E-state index in [1.165, 1.54) is 7.11 Å².